The average Bonchev–Trinajstić information content (AvgIpc) is 3.42. The van der Waals surface area contributed by atoms with Gasteiger partial charge in [0.1, 0.15) is 11.6 Å². The van der Waals surface area contributed by atoms with E-state index in [-0.39, 0.29) is 36.6 Å². The first kappa shape index (κ1) is 28.9. The number of amides is 5. The van der Waals surface area contributed by atoms with Crippen LogP contribution in [-0.2, 0) is 24.0 Å². The lowest BCUT2D eigenvalue weighted by molar-refractivity contribution is -0.177. The molecular weight excluding hydrogens is 519 g/mol. The summed E-state index contributed by atoms with van der Waals surface area (Å²) < 4.78 is 39.8. The highest BCUT2D eigenvalue weighted by Gasteiger charge is 2.69. The topological polar surface area (TPSA) is 165 Å². The molecule has 2 saturated heterocycles. The van der Waals surface area contributed by atoms with Crippen LogP contribution in [0.3, 0.4) is 0 Å². The molecule has 0 aromatic carbocycles. The minimum atomic E-state index is -5.25. The number of carbonyl (C=O) groups excluding carboxylic acids is 5. The van der Waals surface area contributed by atoms with Crippen LogP contribution in [0, 0.1) is 40.9 Å². The van der Waals surface area contributed by atoms with Crippen molar-refractivity contribution in [3.8, 4) is 0 Å². The van der Waals surface area contributed by atoms with Gasteiger partial charge in [-0.3, -0.25) is 24.0 Å². The second kappa shape index (κ2) is 9.81. The molecule has 0 aromatic rings. The molecule has 6 N–H and O–H groups in total. The third kappa shape index (κ3) is 4.77. The molecule has 8 atom stereocenters. The SMILES string of the molecule is CC(C)(C)[C@H](NC(=O)C(F)(F)F)C(=O)N1CC2C3C=CC(CC3)C2C1(C(N)=O)[C@H](C[C@H]1CCNC1=O)C(N)=O. The van der Waals surface area contributed by atoms with E-state index in [0.717, 1.165) is 11.3 Å². The van der Waals surface area contributed by atoms with Crippen LogP contribution in [-0.4, -0.2) is 65.3 Å². The van der Waals surface area contributed by atoms with Crippen LogP contribution in [0.5, 0.6) is 0 Å². The van der Waals surface area contributed by atoms with Gasteiger partial charge < -0.3 is 27.0 Å². The van der Waals surface area contributed by atoms with E-state index < -0.39 is 64.6 Å². The van der Waals surface area contributed by atoms with Crippen LogP contribution >= 0.6 is 0 Å². The van der Waals surface area contributed by atoms with E-state index >= 15 is 0 Å². The lowest BCUT2D eigenvalue weighted by atomic mass is 9.55. The molecule has 5 rings (SSSR count). The lowest BCUT2D eigenvalue weighted by Crippen LogP contribution is -2.70. The number of primary amides is 2. The molecule has 0 spiro atoms. The standard InChI is InChI=1S/C26H36F3N5O5/c1-24(2,3)18(33-23(39)26(27,28)29)21(37)34-11-15-12-4-6-13(7-5-12)17(15)25(34,22(31)38)16(19(30)35)10-14-8-9-32-20(14)36/h4,6,12-18H,5,7-11H2,1-3H3,(H2,30,35)(H2,31,38)(H,32,36)(H,33,39)/t12?,13?,14-,15?,16-,17?,18-,25?/m1/s1. The van der Waals surface area contributed by atoms with Gasteiger partial charge in [-0.15, -0.1) is 0 Å². The minimum Gasteiger partial charge on any atom is -0.369 e. The number of carbonyl (C=O) groups is 5. The summed E-state index contributed by atoms with van der Waals surface area (Å²) in [5, 5.41) is 4.50. The Morgan fingerprint density at radius 2 is 1.72 bits per heavy atom. The first-order chi connectivity index (χ1) is 18.0. The molecule has 216 valence electrons. The Morgan fingerprint density at radius 1 is 1.10 bits per heavy atom. The van der Waals surface area contributed by atoms with Crippen LogP contribution in [0.2, 0.25) is 0 Å². The van der Waals surface area contributed by atoms with Gasteiger partial charge in [0.15, 0.2) is 0 Å². The smallest absolute Gasteiger partial charge is 0.369 e. The second-order valence-electron chi connectivity index (χ2n) is 12.4. The van der Waals surface area contributed by atoms with Gasteiger partial charge in [0.05, 0.1) is 5.92 Å². The van der Waals surface area contributed by atoms with Crippen molar-refractivity contribution in [1.29, 1.82) is 0 Å². The third-order valence-corrected chi connectivity index (χ3v) is 9.12. The predicted octanol–water partition coefficient (Wildman–Crippen LogP) is 0.602. The van der Waals surface area contributed by atoms with Crippen molar-refractivity contribution < 1.29 is 37.1 Å². The molecule has 1 saturated carbocycles. The first-order valence-electron chi connectivity index (χ1n) is 13.3. The van der Waals surface area contributed by atoms with Crippen LogP contribution in [0.15, 0.2) is 12.2 Å². The summed E-state index contributed by atoms with van der Waals surface area (Å²) >= 11 is 0. The molecule has 2 aliphatic heterocycles. The highest BCUT2D eigenvalue weighted by molar-refractivity contribution is 6.00. The number of nitrogens with zero attached hydrogens (tertiary/aromatic N) is 1. The van der Waals surface area contributed by atoms with Crippen LogP contribution in [0.25, 0.3) is 0 Å². The summed E-state index contributed by atoms with van der Waals surface area (Å²) in [5.74, 6) is -8.72. The molecule has 5 unspecified atom stereocenters. The normalized spacial score (nSPS) is 33.3. The zero-order valence-electron chi connectivity index (χ0n) is 22.2. The van der Waals surface area contributed by atoms with Crippen molar-refractivity contribution in [3.05, 3.63) is 12.2 Å². The van der Waals surface area contributed by atoms with Gasteiger partial charge in [-0.1, -0.05) is 32.9 Å². The number of halogens is 3. The van der Waals surface area contributed by atoms with Crippen molar-refractivity contribution in [2.45, 2.75) is 64.2 Å². The predicted molar refractivity (Wildman–Crippen MR) is 132 cm³/mol. The second-order valence-corrected chi connectivity index (χ2v) is 12.4. The van der Waals surface area contributed by atoms with Crippen molar-refractivity contribution in [1.82, 2.24) is 15.5 Å². The van der Waals surface area contributed by atoms with E-state index in [1.807, 2.05) is 17.5 Å². The van der Waals surface area contributed by atoms with E-state index in [9.17, 15) is 37.1 Å². The summed E-state index contributed by atoms with van der Waals surface area (Å²) in [6.07, 6.45) is 0.379. The van der Waals surface area contributed by atoms with E-state index in [1.54, 1.807) is 0 Å². The van der Waals surface area contributed by atoms with Gasteiger partial charge >= 0.3 is 12.1 Å². The van der Waals surface area contributed by atoms with Crippen molar-refractivity contribution in [2.75, 3.05) is 13.1 Å². The molecule has 5 aliphatic rings. The maximum Gasteiger partial charge on any atom is 0.471 e. The molecule has 39 heavy (non-hydrogen) atoms. The number of rotatable bonds is 7. The molecule has 13 heteroatoms. The Morgan fingerprint density at radius 3 is 2.18 bits per heavy atom. The number of nitrogens with two attached hydrogens (primary N) is 2. The largest absolute Gasteiger partial charge is 0.471 e. The number of nitrogens with one attached hydrogen (secondary N) is 2. The van der Waals surface area contributed by atoms with E-state index in [0.29, 0.717) is 19.4 Å². The summed E-state index contributed by atoms with van der Waals surface area (Å²) in [6.45, 7) is 4.78. The fraction of sp³-hybridized carbons (Fsp3) is 0.731. The Hall–Kier alpha value is -3.12. The number of fused-ring (bicyclic) bond motifs is 1. The minimum absolute atomic E-state index is 0.0438. The molecule has 3 fully saturated rings. The maximum atomic E-state index is 14.3. The number of allylic oxidation sites excluding steroid dienone is 2. The maximum absolute atomic E-state index is 14.3. The van der Waals surface area contributed by atoms with Crippen LogP contribution in [0.1, 0.15) is 46.5 Å². The van der Waals surface area contributed by atoms with E-state index in [4.69, 9.17) is 11.5 Å². The van der Waals surface area contributed by atoms with Crippen LogP contribution in [0.4, 0.5) is 13.2 Å². The average molecular weight is 556 g/mol. The molecule has 10 nitrogen and oxygen atoms in total. The summed E-state index contributed by atoms with van der Waals surface area (Å²) in [4.78, 5) is 66.6. The third-order valence-electron chi connectivity index (χ3n) is 9.12. The van der Waals surface area contributed by atoms with Crippen LogP contribution < -0.4 is 22.1 Å². The van der Waals surface area contributed by atoms with Gasteiger partial charge in [-0.2, -0.15) is 13.2 Å². The Bertz CT molecular complexity index is 1100. The Kier molecular flexibility index (Phi) is 7.26. The van der Waals surface area contributed by atoms with Gasteiger partial charge in [-0.05, 0) is 48.9 Å². The summed E-state index contributed by atoms with van der Waals surface area (Å²) in [6, 6.07) is -1.69. The fourth-order valence-electron chi connectivity index (χ4n) is 7.39. The van der Waals surface area contributed by atoms with Crippen molar-refractivity contribution in [3.63, 3.8) is 0 Å². The van der Waals surface area contributed by atoms with Gasteiger partial charge in [0.2, 0.25) is 23.6 Å². The zero-order valence-corrected chi connectivity index (χ0v) is 22.2. The Balaban J connectivity index is 1.86. The molecule has 2 heterocycles. The molecule has 2 bridgehead atoms. The Labute approximate surface area is 224 Å². The van der Waals surface area contributed by atoms with Gasteiger partial charge in [0.25, 0.3) is 0 Å². The number of hydrogen-bond acceptors (Lipinski definition) is 5. The molecule has 0 aromatic heterocycles. The van der Waals surface area contributed by atoms with E-state index in [1.165, 1.54) is 20.8 Å². The van der Waals surface area contributed by atoms with Crippen molar-refractivity contribution >= 4 is 29.5 Å². The molecule has 3 aliphatic carbocycles. The quantitative estimate of drug-likeness (QED) is 0.338. The summed E-state index contributed by atoms with van der Waals surface area (Å²) in [7, 11) is 0. The molecule has 0 radical (unpaired) electrons. The fourth-order valence-corrected chi connectivity index (χ4v) is 7.39. The van der Waals surface area contributed by atoms with Gasteiger partial charge in [-0.25, -0.2) is 0 Å². The number of alkyl halides is 3. The number of hydrogen-bond donors (Lipinski definition) is 4. The first-order valence-corrected chi connectivity index (χ1v) is 13.3. The zero-order chi connectivity index (χ0) is 29.1. The molecule has 5 amide bonds. The highest BCUT2D eigenvalue weighted by Crippen LogP contribution is 2.58. The summed E-state index contributed by atoms with van der Waals surface area (Å²) in [5.41, 5.74) is 8.79. The molecular formula is C26H36F3N5O5. The monoisotopic (exact) mass is 555 g/mol. The number of likely N-dealkylation sites (tertiary alicyclic amines) is 1. The van der Waals surface area contributed by atoms with Crippen molar-refractivity contribution in [2.24, 2.45) is 52.4 Å². The van der Waals surface area contributed by atoms with E-state index in [2.05, 4.69) is 5.32 Å². The highest BCUT2D eigenvalue weighted by atomic mass is 19.4. The van der Waals surface area contributed by atoms with Gasteiger partial charge in [0, 0.05) is 24.9 Å². The lowest BCUT2D eigenvalue weighted by Gasteiger charge is -2.51.